The molecule has 0 radical (unpaired) electrons. The van der Waals surface area contributed by atoms with Crippen molar-refractivity contribution in [1.29, 1.82) is 0 Å². The van der Waals surface area contributed by atoms with Gasteiger partial charge in [0.2, 0.25) is 0 Å². The zero-order valence-electron chi connectivity index (χ0n) is 10.5. The summed E-state index contributed by atoms with van der Waals surface area (Å²) >= 11 is 0. The summed E-state index contributed by atoms with van der Waals surface area (Å²) in [5, 5.41) is 0. The van der Waals surface area contributed by atoms with Gasteiger partial charge in [0, 0.05) is 0 Å². The van der Waals surface area contributed by atoms with E-state index in [1.807, 2.05) is 12.1 Å². The Labute approximate surface area is 109 Å². The van der Waals surface area contributed by atoms with Crippen molar-refractivity contribution < 1.29 is 0 Å². The minimum absolute atomic E-state index is 0.997. The number of allylic oxidation sites excluding steroid dienone is 4. The van der Waals surface area contributed by atoms with Gasteiger partial charge in [0.1, 0.15) is 0 Å². The van der Waals surface area contributed by atoms with Crippen LogP contribution in [0, 0.1) is 0 Å². The highest BCUT2D eigenvalue weighted by Gasteiger charge is 1.85. The number of rotatable bonds is 5. The average Bonchev–Trinajstić information content (AvgIpc) is 2.45. The fourth-order valence-corrected chi connectivity index (χ4v) is 1.79. The largest absolute Gasteiger partial charge is 0.0801 e. The summed E-state index contributed by atoms with van der Waals surface area (Å²) < 4.78 is 0. The van der Waals surface area contributed by atoms with Gasteiger partial charge in [-0.15, -0.1) is 0 Å². The molecule has 0 nitrogen and oxygen atoms in total. The summed E-state index contributed by atoms with van der Waals surface area (Å²) in [5.41, 5.74) is 2.70. The second-order valence-corrected chi connectivity index (χ2v) is 4.24. The van der Waals surface area contributed by atoms with E-state index in [1.54, 1.807) is 0 Å². The molecular weight excluding hydrogens is 216 g/mol. The molecule has 0 saturated heterocycles. The fourth-order valence-electron chi connectivity index (χ4n) is 1.79. The zero-order chi connectivity index (χ0) is 12.5. The maximum Gasteiger partial charge on any atom is -0.00943 e. The van der Waals surface area contributed by atoms with Crippen molar-refractivity contribution in [3.8, 4) is 0 Å². The van der Waals surface area contributed by atoms with E-state index in [4.69, 9.17) is 0 Å². The molecule has 2 aromatic rings. The molecule has 2 aromatic carbocycles. The van der Waals surface area contributed by atoms with E-state index in [0.29, 0.717) is 0 Å². The van der Waals surface area contributed by atoms with E-state index in [-0.39, 0.29) is 0 Å². The first-order valence-electron chi connectivity index (χ1n) is 6.34. The van der Waals surface area contributed by atoms with Gasteiger partial charge in [-0.3, -0.25) is 0 Å². The van der Waals surface area contributed by atoms with Crippen LogP contribution in [0.15, 0.2) is 85.0 Å². The lowest BCUT2D eigenvalue weighted by atomic mass is 10.1. The maximum absolute atomic E-state index is 2.19. The minimum atomic E-state index is 0.997. The Balaban J connectivity index is 1.75. The Bertz CT molecular complexity index is 443. The van der Waals surface area contributed by atoms with E-state index in [2.05, 4.69) is 72.8 Å². The quantitative estimate of drug-likeness (QED) is 0.664. The third kappa shape index (κ3) is 4.42. The smallest absolute Gasteiger partial charge is 0.00943 e. The topological polar surface area (TPSA) is 0 Å². The first-order chi connectivity index (χ1) is 8.95. The van der Waals surface area contributed by atoms with Gasteiger partial charge in [0.25, 0.3) is 0 Å². The minimum Gasteiger partial charge on any atom is -0.0801 e. The Morgan fingerprint density at radius 3 is 1.33 bits per heavy atom. The van der Waals surface area contributed by atoms with E-state index < -0.39 is 0 Å². The second-order valence-electron chi connectivity index (χ2n) is 4.24. The van der Waals surface area contributed by atoms with Crippen LogP contribution in [0.1, 0.15) is 11.1 Å². The predicted molar refractivity (Wildman–Crippen MR) is 78.6 cm³/mol. The third-order valence-corrected chi connectivity index (χ3v) is 2.78. The molecule has 0 heteroatoms. The molecule has 0 aromatic heterocycles. The molecule has 2 rings (SSSR count). The highest BCUT2D eigenvalue weighted by atomic mass is 13.9. The standard InChI is InChI=1S/C18H18/c1(5-11-17-13-7-3-8-14-17)2-6-12-18-15-9-4-10-16-18/h1-10,13-16H,11-12H2/b5-1+,6-2+. The van der Waals surface area contributed by atoms with Gasteiger partial charge in [0.15, 0.2) is 0 Å². The molecule has 0 aliphatic rings. The Morgan fingerprint density at radius 2 is 0.944 bits per heavy atom. The Morgan fingerprint density at radius 1 is 0.556 bits per heavy atom. The number of hydrogen-bond acceptors (Lipinski definition) is 0. The van der Waals surface area contributed by atoms with Gasteiger partial charge in [-0.25, -0.2) is 0 Å². The van der Waals surface area contributed by atoms with Crippen LogP contribution < -0.4 is 0 Å². The Hall–Kier alpha value is -2.08. The molecule has 0 fully saturated rings. The van der Waals surface area contributed by atoms with Gasteiger partial charge in [-0.2, -0.15) is 0 Å². The van der Waals surface area contributed by atoms with Gasteiger partial charge in [0.05, 0.1) is 0 Å². The average molecular weight is 234 g/mol. The van der Waals surface area contributed by atoms with E-state index >= 15 is 0 Å². The van der Waals surface area contributed by atoms with Crippen LogP contribution in [-0.2, 0) is 12.8 Å². The molecule has 0 heterocycles. The van der Waals surface area contributed by atoms with E-state index in [0.717, 1.165) is 12.8 Å². The number of hydrogen-bond donors (Lipinski definition) is 0. The summed E-state index contributed by atoms with van der Waals surface area (Å²) in [6.45, 7) is 0. The highest BCUT2D eigenvalue weighted by molar-refractivity contribution is 5.20. The molecule has 0 spiro atoms. The SMILES string of the molecule is C(/C=C/Cc1ccccc1)=C\Cc1ccccc1. The van der Waals surface area contributed by atoms with Crippen LogP contribution >= 0.6 is 0 Å². The van der Waals surface area contributed by atoms with Crippen molar-refractivity contribution in [3.05, 3.63) is 96.1 Å². The Kier molecular flexibility index (Phi) is 5.01. The predicted octanol–water partition coefficient (Wildman–Crippen LogP) is 4.58. The highest BCUT2D eigenvalue weighted by Crippen LogP contribution is 2.01. The normalized spacial score (nSPS) is 11.3. The molecule has 90 valence electrons. The van der Waals surface area contributed by atoms with Gasteiger partial charge < -0.3 is 0 Å². The summed E-state index contributed by atoms with van der Waals surface area (Å²) in [4.78, 5) is 0. The molecule has 0 amide bonds. The van der Waals surface area contributed by atoms with E-state index in [1.165, 1.54) is 11.1 Å². The second kappa shape index (κ2) is 7.29. The summed E-state index contributed by atoms with van der Waals surface area (Å²) in [5.74, 6) is 0. The molecule has 0 saturated carbocycles. The van der Waals surface area contributed by atoms with Crippen LogP contribution in [-0.4, -0.2) is 0 Å². The van der Waals surface area contributed by atoms with Crippen LogP contribution in [0.4, 0.5) is 0 Å². The zero-order valence-corrected chi connectivity index (χ0v) is 10.5. The lowest BCUT2D eigenvalue weighted by Gasteiger charge is -1.94. The maximum atomic E-state index is 2.19. The van der Waals surface area contributed by atoms with Crippen molar-refractivity contribution in [1.82, 2.24) is 0 Å². The van der Waals surface area contributed by atoms with Crippen molar-refractivity contribution in [2.45, 2.75) is 12.8 Å². The molecule has 0 bridgehead atoms. The fraction of sp³-hybridized carbons (Fsp3) is 0.111. The van der Waals surface area contributed by atoms with Crippen molar-refractivity contribution >= 4 is 0 Å². The summed E-state index contributed by atoms with van der Waals surface area (Å²) in [7, 11) is 0. The molecule has 0 atom stereocenters. The third-order valence-electron chi connectivity index (χ3n) is 2.78. The lowest BCUT2D eigenvalue weighted by Crippen LogP contribution is -1.78. The lowest BCUT2D eigenvalue weighted by molar-refractivity contribution is 1.26. The van der Waals surface area contributed by atoms with Crippen LogP contribution in [0.2, 0.25) is 0 Å². The molecule has 0 unspecified atom stereocenters. The van der Waals surface area contributed by atoms with Gasteiger partial charge in [-0.05, 0) is 24.0 Å². The molecule has 18 heavy (non-hydrogen) atoms. The summed E-state index contributed by atoms with van der Waals surface area (Å²) in [6, 6.07) is 21.0. The van der Waals surface area contributed by atoms with E-state index in [9.17, 15) is 0 Å². The molecular formula is C18H18. The van der Waals surface area contributed by atoms with Crippen LogP contribution in [0.5, 0.6) is 0 Å². The monoisotopic (exact) mass is 234 g/mol. The first-order valence-corrected chi connectivity index (χ1v) is 6.34. The number of benzene rings is 2. The van der Waals surface area contributed by atoms with Crippen molar-refractivity contribution in [2.75, 3.05) is 0 Å². The van der Waals surface area contributed by atoms with Crippen LogP contribution in [0.3, 0.4) is 0 Å². The van der Waals surface area contributed by atoms with Crippen LogP contribution in [0.25, 0.3) is 0 Å². The van der Waals surface area contributed by atoms with Gasteiger partial charge >= 0.3 is 0 Å². The summed E-state index contributed by atoms with van der Waals surface area (Å²) in [6.07, 6.45) is 10.6. The molecule has 0 aliphatic heterocycles. The first kappa shape index (κ1) is 12.4. The molecule has 0 aliphatic carbocycles. The van der Waals surface area contributed by atoms with Gasteiger partial charge in [-0.1, -0.05) is 85.0 Å². The van der Waals surface area contributed by atoms with Crippen molar-refractivity contribution in [3.63, 3.8) is 0 Å². The molecule has 0 N–H and O–H groups in total. The van der Waals surface area contributed by atoms with Crippen molar-refractivity contribution in [2.24, 2.45) is 0 Å².